The summed E-state index contributed by atoms with van der Waals surface area (Å²) in [6.45, 7) is 2.34. The molecule has 2 N–H and O–H groups in total. The molecule has 0 heterocycles. The number of phenols is 1. The summed E-state index contributed by atoms with van der Waals surface area (Å²) in [6.07, 6.45) is 0.784. The number of hydrogen-bond acceptors (Lipinski definition) is 2. The van der Waals surface area contributed by atoms with Gasteiger partial charge in [-0.05, 0) is 24.6 Å². The van der Waals surface area contributed by atoms with Crippen LogP contribution in [0.1, 0.15) is 23.7 Å². The monoisotopic (exact) mass is 305 g/mol. The predicted octanol–water partition coefficient (Wildman–Crippen LogP) is 2.90. The smallest absolute Gasteiger partial charge is 0.255 e. The zero-order valence-corrected chi connectivity index (χ0v) is 11.2. The molecule has 3 nitrogen and oxygen atoms in total. The molecule has 1 aromatic rings. The highest BCUT2D eigenvalue weighted by Gasteiger charge is 2.12. The molecule has 1 unspecified atom stereocenters. The van der Waals surface area contributed by atoms with E-state index in [2.05, 4.69) is 21.2 Å². The number of rotatable bonds is 4. The van der Waals surface area contributed by atoms with Crippen LogP contribution in [-0.2, 0) is 0 Å². The van der Waals surface area contributed by atoms with Crippen LogP contribution in [0.3, 0.4) is 0 Å². The average Bonchev–Trinajstić information content (AvgIpc) is 2.28. The summed E-state index contributed by atoms with van der Waals surface area (Å²) in [4.78, 5) is 11.7. The van der Waals surface area contributed by atoms with Crippen molar-refractivity contribution in [2.24, 2.45) is 0 Å². The fraction of sp³-hybridized carbons (Fsp3) is 0.364. The van der Waals surface area contributed by atoms with Crippen LogP contribution < -0.4 is 5.32 Å². The summed E-state index contributed by atoms with van der Waals surface area (Å²) in [6, 6.07) is 4.71. The van der Waals surface area contributed by atoms with Crippen molar-refractivity contribution in [3.8, 4) is 5.75 Å². The second kappa shape index (κ2) is 6.11. The zero-order chi connectivity index (χ0) is 12.1. The fourth-order valence-electron chi connectivity index (χ4n) is 1.13. The van der Waals surface area contributed by atoms with Crippen molar-refractivity contribution in [2.45, 2.75) is 18.7 Å². The molecule has 0 fully saturated rings. The Morgan fingerprint density at radius 2 is 2.31 bits per heavy atom. The van der Waals surface area contributed by atoms with Gasteiger partial charge in [-0.2, -0.15) is 0 Å². The first-order chi connectivity index (χ1) is 7.54. The number of carbonyl (C=O) groups excluding carboxylic acids is 1. The molecule has 1 aromatic carbocycles. The largest absolute Gasteiger partial charge is 0.507 e. The van der Waals surface area contributed by atoms with E-state index in [1.807, 2.05) is 6.92 Å². The van der Waals surface area contributed by atoms with Gasteiger partial charge in [0.1, 0.15) is 5.75 Å². The quantitative estimate of drug-likeness (QED) is 0.840. The van der Waals surface area contributed by atoms with E-state index < -0.39 is 0 Å². The van der Waals surface area contributed by atoms with Crippen molar-refractivity contribution in [2.75, 3.05) is 6.54 Å². The minimum Gasteiger partial charge on any atom is -0.507 e. The van der Waals surface area contributed by atoms with Crippen LogP contribution in [0.4, 0.5) is 0 Å². The Balaban J connectivity index is 2.69. The first kappa shape index (κ1) is 13.3. The molecule has 0 radical (unpaired) electrons. The molecular formula is C11H13BrClNO2. The molecule has 0 saturated heterocycles. The third-order valence-corrected chi connectivity index (χ3v) is 3.09. The van der Waals surface area contributed by atoms with E-state index >= 15 is 0 Å². The normalized spacial score (nSPS) is 12.2. The lowest BCUT2D eigenvalue weighted by molar-refractivity contribution is 0.0950. The topological polar surface area (TPSA) is 49.3 Å². The molecule has 0 bridgehead atoms. The van der Waals surface area contributed by atoms with Gasteiger partial charge >= 0.3 is 0 Å². The van der Waals surface area contributed by atoms with Gasteiger partial charge in [0.25, 0.3) is 5.91 Å². The summed E-state index contributed by atoms with van der Waals surface area (Å²) in [5, 5.41) is 12.1. The fourth-order valence-corrected chi connectivity index (χ4v) is 1.57. The van der Waals surface area contributed by atoms with Gasteiger partial charge in [-0.15, -0.1) is 11.6 Å². The third kappa shape index (κ3) is 3.68. The highest BCUT2D eigenvalue weighted by molar-refractivity contribution is 9.10. The van der Waals surface area contributed by atoms with Gasteiger partial charge < -0.3 is 10.4 Å². The summed E-state index contributed by atoms with van der Waals surface area (Å²) in [5.41, 5.74) is 0.245. The second-order valence-electron chi connectivity index (χ2n) is 3.38. The molecule has 0 aliphatic heterocycles. The predicted molar refractivity (Wildman–Crippen MR) is 68.1 cm³/mol. The van der Waals surface area contributed by atoms with E-state index in [4.69, 9.17) is 11.6 Å². The summed E-state index contributed by atoms with van der Waals surface area (Å²) in [5.74, 6) is -0.360. The minimum atomic E-state index is -0.321. The molecule has 1 rings (SSSR count). The number of benzene rings is 1. The summed E-state index contributed by atoms with van der Waals surface area (Å²) < 4.78 is 0.744. The van der Waals surface area contributed by atoms with Gasteiger partial charge in [-0.25, -0.2) is 0 Å². The van der Waals surface area contributed by atoms with Gasteiger partial charge in [0.2, 0.25) is 0 Å². The molecule has 1 atom stereocenters. The van der Waals surface area contributed by atoms with Crippen LogP contribution in [-0.4, -0.2) is 22.9 Å². The lowest BCUT2D eigenvalue weighted by Gasteiger charge is -2.09. The van der Waals surface area contributed by atoms with Gasteiger partial charge in [-0.1, -0.05) is 22.9 Å². The molecule has 0 aliphatic carbocycles. The maximum Gasteiger partial charge on any atom is 0.255 e. The van der Waals surface area contributed by atoms with E-state index in [0.717, 1.165) is 10.9 Å². The van der Waals surface area contributed by atoms with E-state index in [0.29, 0.717) is 6.54 Å². The number of aromatic hydroxyl groups is 1. The SMILES string of the molecule is CCC(Cl)CNC(=O)c1cc(Br)ccc1O. The first-order valence-corrected chi connectivity index (χ1v) is 6.18. The Bertz CT molecular complexity index is 384. The van der Waals surface area contributed by atoms with Crippen molar-refractivity contribution in [3.05, 3.63) is 28.2 Å². The standard InChI is InChI=1S/C11H13BrClNO2/c1-2-8(13)6-14-11(16)9-5-7(12)3-4-10(9)15/h3-5,8,15H,2,6H2,1H3,(H,14,16). The number of amides is 1. The van der Waals surface area contributed by atoms with Crippen molar-refractivity contribution in [3.63, 3.8) is 0 Å². The van der Waals surface area contributed by atoms with Crippen LogP contribution >= 0.6 is 27.5 Å². The van der Waals surface area contributed by atoms with E-state index in [1.54, 1.807) is 12.1 Å². The molecule has 16 heavy (non-hydrogen) atoms. The number of alkyl halides is 1. The second-order valence-corrected chi connectivity index (χ2v) is 4.91. The first-order valence-electron chi connectivity index (χ1n) is 4.95. The molecule has 0 aliphatic rings. The molecule has 0 aromatic heterocycles. The number of halogens is 2. The summed E-state index contributed by atoms with van der Waals surface area (Å²) in [7, 11) is 0. The van der Waals surface area contributed by atoms with Crippen molar-refractivity contribution in [1.29, 1.82) is 0 Å². The van der Waals surface area contributed by atoms with E-state index in [1.165, 1.54) is 6.07 Å². The average molecular weight is 307 g/mol. The Labute approximate surface area is 108 Å². The molecule has 0 saturated carbocycles. The van der Waals surface area contributed by atoms with Gasteiger partial charge in [0.05, 0.1) is 10.9 Å². The third-order valence-electron chi connectivity index (χ3n) is 2.13. The number of nitrogens with one attached hydrogen (secondary N) is 1. The summed E-state index contributed by atoms with van der Waals surface area (Å²) >= 11 is 9.12. The van der Waals surface area contributed by atoms with Crippen LogP contribution in [0.25, 0.3) is 0 Å². The van der Waals surface area contributed by atoms with Gasteiger partial charge in [0, 0.05) is 11.0 Å². The lowest BCUT2D eigenvalue weighted by Crippen LogP contribution is -2.29. The maximum absolute atomic E-state index is 11.7. The lowest BCUT2D eigenvalue weighted by atomic mass is 10.2. The van der Waals surface area contributed by atoms with E-state index in [9.17, 15) is 9.90 Å². The molecule has 1 amide bonds. The Hall–Kier alpha value is -0.740. The van der Waals surface area contributed by atoms with Crippen LogP contribution in [0.2, 0.25) is 0 Å². The number of carbonyl (C=O) groups is 1. The van der Waals surface area contributed by atoms with Crippen molar-refractivity contribution < 1.29 is 9.90 Å². The highest BCUT2D eigenvalue weighted by Crippen LogP contribution is 2.21. The number of phenolic OH excluding ortho intramolecular Hbond substituents is 1. The molecule has 0 spiro atoms. The molecular weight excluding hydrogens is 293 g/mol. The maximum atomic E-state index is 11.7. The Morgan fingerprint density at radius 3 is 2.94 bits per heavy atom. The van der Waals surface area contributed by atoms with Gasteiger partial charge in [-0.3, -0.25) is 4.79 Å². The van der Waals surface area contributed by atoms with Crippen molar-refractivity contribution in [1.82, 2.24) is 5.32 Å². The van der Waals surface area contributed by atoms with Gasteiger partial charge in [0.15, 0.2) is 0 Å². The zero-order valence-electron chi connectivity index (χ0n) is 8.84. The minimum absolute atomic E-state index is 0.0386. The van der Waals surface area contributed by atoms with Crippen molar-refractivity contribution >= 4 is 33.4 Å². The van der Waals surface area contributed by atoms with Crippen LogP contribution in [0.5, 0.6) is 5.75 Å². The van der Waals surface area contributed by atoms with E-state index in [-0.39, 0.29) is 22.6 Å². The highest BCUT2D eigenvalue weighted by atomic mass is 79.9. The molecule has 5 heteroatoms. The Morgan fingerprint density at radius 1 is 1.62 bits per heavy atom. The number of hydrogen-bond donors (Lipinski definition) is 2. The Kier molecular flexibility index (Phi) is 5.09. The van der Waals surface area contributed by atoms with Crippen LogP contribution in [0, 0.1) is 0 Å². The van der Waals surface area contributed by atoms with Crippen LogP contribution in [0.15, 0.2) is 22.7 Å². The molecule has 88 valence electrons.